The monoisotopic (exact) mass is 503 g/mol. The van der Waals surface area contributed by atoms with Gasteiger partial charge in [0.2, 0.25) is 5.91 Å². The van der Waals surface area contributed by atoms with Crippen LogP contribution in [0.1, 0.15) is 155 Å². The fourth-order valence-corrected chi connectivity index (χ4v) is 5.05. The Morgan fingerprint density at radius 3 is 1.29 bits per heavy atom. The van der Waals surface area contributed by atoms with E-state index in [0.717, 1.165) is 12.8 Å². The summed E-state index contributed by atoms with van der Waals surface area (Å²) in [6.07, 6.45) is 28.6. The van der Waals surface area contributed by atoms with E-state index in [1.54, 1.807) is 11.9 Å². The zero-order valence-corrected chi connectivity index (χ0v) is 23.5. The van der Waals surface area contributed by atoms with Gasteiger partial charge in [-0.2, -0.15) is 8.42 Å². The van der Waals surface area contributed by atoms with Gasteiger partial charge in [0, 0.05) is 20.0 Å². The Morgan fingerprint density at radius 2 is 0.941 bits per heavy atom. The van der Waals surface area contributed by atoms with Crippen molar-refractivity contribution in [2.45, 2.75) is 155 Å². The van der Waals surface area contributed by atoms with Crippen molar-refractivity contribution in [3.63, 3.8) is 0 Å². The second kappa shape index (κ2) is 24.1. The zero-order chi connectivity index (χ0) is 25.3. The number of hydrogen-bond acceptors (Lipinski definition) is 3. The molecule has 0 heterocycles. The van der Waals surface area contributed by atoms with Crippen LogP contribution in [-0.2, 0) is 14.9 Å². The second-order valence-corrected chi connectivity index (χ2v) is 11.8. The summed E-state index contributed by atoms with van der Waals surface area (Å²) in [7, 11) is -2.12. The molecule has 0 aromatic carbocycles. The molecule has 0 fully saturated rings. The molecule has 204 valence electrons. The highest BCUT2D eigenvalue weighted by atomic mass is 32.2. The highest BCUT2D eigenvalue weighted by molar-refractivity contribution is 7.85. The Balaban J connectivity index is 3.26. The van der Waals surface area contributed by atoms with Gasteiger partial charge in [0.05, 0.1) is 5.75 Å². The molecule has 0 saturated heterocycles. The topological polar surface area (TPSA) is 74.7 Å². The Morgan fingerprint density at radius 1 is 0.588 bits per heavy atom. The smallest absolute Gasteiger partial charge is 0.264 e. The molecule has 0 saturated carbocycles. The molecule has 6 heteroatoms. The average Bonchev–Trinajstić information content (AvgIpc) is 2.79. The molecule has 0 bridgehead atoms. The molecule has 0 rings (SSSR count). The standard InChI is InChI=1S/C28H57NO4S/c1-3-4-5-6-7-8-9-10-11-12-13-14-15-16-17-18-19-20-21-22-25-28(30)29(2)26-23-24-27-34(31,32)33/h3-27H2,1-2H3,(H,31,32,33). The van der Waals surface area contributed by atoms with Crippen molar-refractivity contribution < 1.29 is 17.8 Å². The van der Waals surface area contributed by atoms with Crippen LogP contribution in [0.15, 0.2) is 0 Å². The van der Waals surface area contributed by atoms with E-state index < -0.39 is 10.1 Å². The van der Waals surface area contributed by atoms with Crippen LogP contribution >= 0.6 is 0 Å². The van der Waals surface area contributed by atoms with Crippen LogP contribution in [0.3, 0.4) is 0 Å². The third kappa shape index (κ3) is 26.0. The van der Waals surface area contributed by atoms with Crippen LogP contribution in [0.4, 0.5) is 0 Å². The van der Waals surface area contributed by atoms with Gasteiger partial charge in [-0.1, -0.05) is 129 Å². The Labute approximate surface area is 212 Å². The first-order chi connectivity index (χ1) is 16.4. The van der Waals surface area contributed by atoms with Crippen LogP contribution in [-0.4, -0.2) is 43.1 Å². The lowest BCUT2D eigenvalue weighted by Crippen LogP contribution is -2.27. The van der Waals surface area contributed by atoms with Crippen LogP contribution in [0.5, 0.6) is 0 Å². The Bertz CT molecular complexity index is 551. The molecule has 0 aromatic heterocycles. The molecule has 0 aliphatic rings. The molecule has 0 aliphatic carbocycles. The maximum Gasteiger partial charge on any atom is 0.264 e. The van der Waals surface area contributed by atoms with Gasteiger partial charge in [-0.05, 0) is 19.3 Å². The van der Waals surface area contributed by atoms with Gasteiger partial charge >= 0.3 is 0 Å². The Hall–Kier alpha value is -0.620. The number of carbonyl (C=O) groups excluding carboxylic acids is 1. The predicted molar refractivity (Wildman–Crippen MR) is 146 cm³/mol. The SMILES string of the molecule is CCCCCCCCCCCCCCCCCCCCCCC(=O)N(C)CCCCS(=O)(=O)O. The summed E-state index contributed by atoms with van der Waals surface area (Å²) >= 11 is 0. The molecule has 0 radical (unpaired) electrons. The molecular weight excluding hydrogens is 446 g/mol. The largest absolute Gasteiger partial charge is 0.346 e. The normalized spacial score (nSPS) is 11.7. The van der Waals surface area contributed by atoms with Crippen LogP contribution < -0.4 is 0 Å². The number of amides is 1. The summed E-state index contributed by atoms with van der Waals surface area (Å²) in [5, 5.41) is 0. The van der Waals surface area contributed by atoms with E-state index >= 15 is 0 Å². The van der Waals surface area contributed by atoms with Gasteiger partial charge in [0.15, 0.2) is 0 Å². The maximum atomic E-state index is 12.1. The van der Waals surface area contributed by atoms with Crippen molar-refractivity contribution in [1.29, 1.82) is 0 Å². The number of rotatable bonds is 26. The third-order valence-electron chi connectivity index (χ3n) is 6.82. The van der Waals surface area contributed by atoms with Gasteiger partial charge in [-0.25, -0.2) is 0 Å². The lowest BCUT2D eigenvalue weighted by molar-refractivity contribution is -0.130. The first kappa shape index (κ1) is 33.4. The predicted octanol–water partition coefficient (Wildman–Crippen LogP) is 8.32. The van der Waals surface area contributed by atoms with Crippen molar-refractivity contribution in [1.82, 2.24) is 4.90 Å². The van der Waals surface area contributed by atoms with Gasteiger partial charge in [0.25, 0.3) is 10.1 Å². The molecule has 0 unspecified atom stereocenters. The molecule has 0 atom stereocenters. The molecule has 5 nitrogen and oxygen atoms in total. The van der Waals surface area contributed by atoms with E-state index in [-0.39, 0.29) is 11.7 Å². The highest BCUT2D eigenvalue weighted by Gasteiger charge is 2.09. The quantitative estimate of drug-likeness (QED) is 0.0951. The van der Waals surface area contributed by atoms with Gasteiger partial charge in [-0.15, -0.1) is 0 Å². The molecule has 34 heavy (non-hydrogen) atoms. The highest BCUT2D eigenvalue weighted by Crippen LogP contribution is 2.15. The molecule has 0 spiro atoms. The van der Waals surface area contributed by atoms with Gasteiger partial charge in [-0.3, -0.25) is 9.35 Å². The van der Waals surface area contributed by atoms with Crippen LogP contribution in [0.2, 0.25) is 0 Å². The molecular formula is C28H57NO4S. The number of unbranched alkanes of at least 4 members (excludes halogenated alkanes) is 20. The van der Waals surface area contributed by atoms with E-state index in [9.17, 15) is 13.2 Å². The summed E-state index contributed by atoms with van der Waals surface area (Å²) in [6, 6.07) is 0. The fourth-order valence-electron chi connectivity index (χ4n) is 4.48. The fraction of sp³-hybridized carbons (Fsp3) is 0.964. The van der Waals surface area contributed by atoms with Gasteiger partial charge in [0.1, 0.15) is 0 Å². The summed E-state index contributed by atoms with van der Waals surface area (Å²) in [5.41, 5.74) is 0. The molecule has 1 N–H and O–H groups in total. The molecule has 1 amide bonds. The summed E-state index contributed by atoms with van der Waals surface area (Å²) < 4.78 is 30.1. The van der Waals surface area contributed by atoms with E-state index in [1.807, 2.05) is 0 Å². The van der Waals surface area contributed by atoms with E-state index in [1.165, 1.54) is 116 Å². The number of hydrogen-bond donors (Lipinski definition) is 1. The number of carbonyl (C=O) groups is 1. The summed E-state index contributed by atoms with van der Waals surface area (Å²) in [5.74, 6) is -0.0942. The lowest BCUT2D eigenvalue weighted by atomic mass is 10.0. The van der Waals surface area contributed by atoms with E-state index in [0.29, 0.717) is 25.8 Å². The molecule has 0 aliphatic heterocycles. The minimum absolute atomic E-state index is 0.134. The minimum Gasteiger partial charge on any atom is -0.346 e. The first-order valence-corrected chi connectivity index (χ1v) is 16.2. The van der Waals surface area contributed by atoms with E-state index in [2.05, 4.69) is 6.92 Å². The van der Waals surface area contributed by atoms with Gasteiger partial charge < -0.3 is 4.90 Å². The van der Waals surface area contributed by atoms with E-state index in [4.69, 9.17) is 4.55 Å². The zero-order valence-electron chi connectivity index (χ0n) is 22.7. The summed E-state index contributed by atoms with van der Waals surface area (Å²) in [6.45, 7) is 2.83. The van der Waals surface area contributed by atoms with Crippen LogP contribution in [0.25, 0.3) is 0 Å². The van der Waals surface area contributed by atoms with Crippen molar-refractivity contribution in [2.24, 2.45) is 0 Å². The van der Waals surface area contributed by atoms with Crippen molar-refractivity contribution in [3.8, 4) is 0 Å². The second-order valence-electron chi connectivity index (χ2n) is 10.3. The van der Waals surface area contributed by atoms with Crippen molar-refractivity contribution in [2.75, 3.05) is 19.3 Å². The summed E-state index contributed by atoms with van der Waals surface area (Å²) in [4.78, 5) is 13.8. The minimum atomic E-state index is -3.89. The molecule has 0 aromatic rings. The Kier molecular flexibility index (Phi) is 23.7. The van der Waals surface area contributed by atoms with Crippen molar-refractivity contribution >= 4 is 16.0 Å². The number of nitrogens with zero attached hydrogens (tertiary/aromatic N) is 1. The maximum absolute atomic E-state index is 12.1. The van der Waals surface area contributed by atoms with Crippen molar-refractivity contribution in [3.05, 3.63) is 0 Å². The van der Waals surface area contributed by atoms with Crippen LogP contribution in [0, 0.1) is 0 Å². The first-order valence-electron chi connectivity index (χ1n) is 14.6. The third-order valence-corrected chi connectivity index (χ3v) is 7.62. The average molecular weight is 504 g/mol. The lowest BCUT2D eigenvalue weighted by Gasteiger charge is -2.16.